The normalized spacial score (nSPS) is 14.7. The number of fused-ring (bicyclic) bond motifs is 1. The number of allylic oxidation sites excluding steroid dienone is 1. The minimum atomic E-state index is -0.885. The molecule has 1 atom stereocenters. The van der Waals surface area contributed by atoms with Crippen molar-refractivity contribution in [3.63, 3.8) is 0 Å². The average molecular weight is 604 g/mol. The van der Waals surface area contributed by atoms with Crippen LogP contribution in [0.1, 0.15) is 43.7 Å². The molecule has 0 amide bonds. The predicted octanol–water partition coefficient (Wildman–Crippen LogP) is 4.68. The van der Waals surface area contributed by atoms with Gasteiger partial charge in [0, 0.05) is 29.3 Å². The van der Waals surface area contributed by atoms with E-state index < -0.39 is 16.9 Å². The van der Waals surface area contributed by atoms with Gasteiger partial charge in [-0.05, 0) is 57.5 Å². The molecule has 2 aromatic heterocycles. The highest BCUT2D eigenvalue weighted by molar-refractivity contribution is 7.07. The van der Waals surface area contributed by atoms with Crippen molar-refractivity contribution in [3.8, 4) is 22.8 Å². The lowest BCUT2D eigenvalue weighted by Crippen LogP contribution is -2.40. The van der Waals surface area contributed by atoms with Crippen LogP contribution in [0, 0.1) is 17.0 Å². The Morgan fingerprint density at radius 1 is 1.16 bits per heavy atom. The molecule has 0 radical (unpaired) electrons. The summed E-state index contributed by atoms with van der Waals surface area (Å²) in [5.41, 5.74) is 2.20. The van der Waals surface area contributed by atoms with Gasteiger partial charge in [0.2, 0.25) is 0 Å². The zero-order valence-corrected chi connectivity index (χ0v) is 25.0. The number of aromatic nitrogens is 1. The van der Waals surface area contributed by atoms with Crippen molar-refractivity contribution in [2.24, 2.45) is 4.99 Å². The van der Waals surface area contributed by atoms with Gasteiger partial charge in [0.15, 0.2) is 16.3 Å². The van der Waals surface area contributed by atoms with Gasteiger partial charge >= 0.3 is 5.97 Å². The van der Waals surface area contributed by atoms with Crippen molar-refractivity contribution in [3.05, 3.63) is 106 Å². The summed E-state index contributed by atoms with van der Waals surface area (Å²) in [5, 5.41) is 11.1. The molecule has 0 N–H and O–H groups in total. The Morgan fingerprint density at radius 2 is 1.95 bits per heavy atom. The number of nitro benzene ring substituents is 1. The predicted molar refractivity (Wildman–Crippen MR) is 160 cm³/mol. The minimum Gasteiger partial charge on any atom is -0.493 e. The second kappa shape index (κ2) is 12.1. The third-order valence-corrected chi connectivity index (χ3v) is 7.90. The number of non-ortho nitro benzene ring substituents is 1. The monoisotopic (exact) mass is 603 g/mol. The molecule has 11 nitrogen and oxygen atoms in total. The fraction of sp³-hybridized carbons (Fsp3) is 0.258. The Balaban J connectivity index is 1.66. The number of methoxy groups -OCH3 is 1. The number of nitrogens with zero attached hydrogens (tertiary/aromatic N) is 3. The first-order valence-electron chi connectivity index (χ1n) is 13.5. The number of carbonyl (C=O) groups is 1. The molecule has 1 aliphatic heterocycles. The quantitative estimate of drug-likeness (QED) is 0.153. The fourth-order valence-corrected chi connectivity index (χ4v) is 6.06. The highest BCUT2D eigenvalue weighted by Crippen LogP contribution is 2.40. The molecule has 4 aromatic rings. The molecule has 0 saturated carbocycles. The summed E-state index contributed by atoms with van der Waals surface area (Å²) in [6, 6.07) is 12.4. The zero-order chi connectivity index (χ0) is 30.8. The molecule has 5 rings (SSSR count). The van der Waals surface area contributed by atoms with Crippen molar-refractivity contribution >= 4 is 29.1 Å². The summed E-state index contributed by atoms with van der Waals surface area (Å²) in [5.74, 6) is 1.21. The number of aryl methyl sites for hydroxylation is 1. The summed E-state index contributed by atoms with van der Waals surface area (Å²) in [4.78, 5) is 43.0. The number of rotatable bonds is 9. The zero-order valence-electron chi connectivity index (χ0n) is 24.2. The van der Waals surface area contributed by atoms with Crippen molar-refractivity contribution in [2.45, 2.75) is 33.7 Å². The van der Waals surface area contributed by atoms with Gasteiger partial charge in [-0.15, -0.1) is 0 Å². The van der Waals surface area contributed by atoms with E-state index in [0.29, 0.717) is 61.3 Å². The maximum atomic E-state index is 14.0. The first-order chi connectivity index (χ1) is 20.7. The summed E-state index contributed by atoms with van der Waals surface area (Å²) in [6.45, 7) is 7.51. The van der Waals surface area contributed by atoms with Crippen LogP contribution in [0.3, 0.4) is 0 Å². The Morgan fingerprint density at radius 3 is 2.63 bits per heavy atom. The van der Waals surface area contributed by atoms with Crippen LogP contribution in [-0.4, -0.2) is 35.8 Å². The van der Waals surface area contributed by atoms with Gasteiger partial charge in [-0.2, -0.15) is 0 Å². The lowest BCUT2D eigenvalue weighted by molar-refractivity contribution is -0.384. The van der Waals surface area contributed by atoms with E-state index in [1.54, 1.807) is 63.2 Å². The van der Waals surface area contributed by atoms with Crippen molar-refractivity contribution in [1.29, 1.82) is 0 Å². The Kier molecular flexibility index (Phi) is 8.31. The van der Waals surface area contributed by atoms with Gasteiger partial charge in [-0.1, -0.05) is 23.5 Å². The molecule has 0 unspecified atom stereocenters. The fourth-order valence-electron chi connectivity index (χ4n) is 5.04. The van der Waals surface area contributed by atoms with E-state index in [-0.39, 0.29) is 23.4 Å². The number of nitro groups is 1. The minimum absolute atomic E-state index is 0.00953. The van der Waals surface area contributed by atoms with E-state index in [1.807, 2.05) is 6.92 Å². The largest absolute Gasteiger partial charge is 0.493 e. The summed E-state index contributed by atoms with van der Waals surface area (Å²) in [6.07, 6.45) is 1.61. The number of carbonyl (C=O) groups excluding carboxylic acids is 1. The van der Waals surface area contributed by atoms with Crippen LogP contribution < -0.4 is 24.4 Å². The maximum Gasteiger partial charge on any atom is 0.338 e. The van der Waals surface area contributed by atoms with Gasteiger partial charge in [0.25, 0.3) is 11.2 Å². The Bertz CT molecular complexity index is 1950. The van der Waals surface area contributed by atoms with E-state index in [4.69, 9.17) is 18.6 Å². The van der Waals surface area contributed by atoms with Gasteiger partial charge < -0.3 is 18.6 Å². The Labute approximate surface area is 250 Å². The Hall–Kier alpha value is -4.97. The third-order valence-electron chi connectivity index (χ3n) is 6.92. The van der Waals surface area contributed by atoms with E-state index in [9.17, 15) is 19.7 Å². The number of benzene rings is 2. The molecule has 12 heteroatoms. The summed E-state index contributed by atoms with van der Waals surface area (Å²) < 4.78 is 24.7. The SMILES string of the molecule is CCOC(=O)C1=C(C)N=c2s/c(=C/c3ccc(-c4ccc([N+](=O)[O-])cc4C)o3)c(=O)n2[C@H]1c1cccc(OC)c1OCC. The first-order valence-corrected chi connectivity index (χ1v) is 14.3. The molecule has 43 heavy (non-hydrogen) atoms. The topological polar surface area (TPSA) is 135 Å². The molecule has 0 spiro atoms. The molecule has 3 heterocycles. The van der Waals surface area contributed by atoms with E-state index >= 15 is 0 Å². The van der Waals surface area contributed by atoms with Crippen molar-refractivity contribution < 1.29 is 28.3 Å². The molecule has 1 aliphatic rings. The van der Waals surface area contributed by atoms with Crippen molar-refractivity contribution in [1.82, 2.24) is 4.57 Å². The second-order valence-electron chi connectivity index (χ2n) is 9.57. The summed E-state index contributed by atoms with van der Waals surface area (Å²) in [7, 11) is 1.52. The molecule has 0 bridgehead atoms. The van der Waals surface area contributed by atoms with Gasteiger partial charge in [-0.3, -0.25) is 19.5 Å². The van der Waals surface area contributed by atoms with Crippen LogP contribution >= 0.6 is 11.3 Å². The van der Waals surface area contributed by atoms with E-state index in [1.165, 1.54) is 23.8 Å². The lowest BCUT2D eigenvalue weighted by Gasteiger charge is -2.26. The van der Waals surface area contributed by atoms with Crippen LogP contribution in [-0.2, 0) is 9.53 Å². The highest BCUT2D eigenvalue weighted by Gasteiger charge is 2.36. The molecule has 0 saturated heterocycles. The molecule has 222 valence electrons. The van der Waals surface area contributed by atoms with Gasteiger partial charge in [-0.25, -0.2) is 9.79 Å². The molecule has 0 fully saturated rings. The van der Waals surface area contributed by atoms with Crippen LogP contribution in [0.15, 0.2) is 74.0 Å². The second-order valence-corrected chi connectivity index (χ2v) is 10.6. The number of para-hydroxylation sites is 1. The summed E-state index contributed by atoms with van der Waals surface area (Å²) >= 11 is 1.16. The molecular weight excluding hydrogens is 574 g/mol. The van der Waals surface area contributed by atoms with Gasteiger partial charge in [0.1, 0.15) is 17.6 Å². The number of furan rings is 1. The van der Waals surface area contributed by atoms with Crippen LogP contribution in [0.4, 0.5) is 5.69 Å². The smallest absolute Gasteiger partial charge is 0.338 e. The maximum absolute atomic E-state index is 14.0. The number of hydrogen-bond acceptors (Lipinski definition) is 10. The number of hydrogen-bond donors (Lipinski definition) is 0. The highest BCUT2D eigenvalue weighted by atomic mass is 32.1. The van der Waals surface area contributed by atoms with Crippen LogP contribution in [0.25, 0.3) is 17.4 Å². The average Bonchev–Trinajstić information content (AvgIpc) is 3.56. The lowest BCUT2D eigenvalue weighted by atomic mass is 9.94. The van der Waals surface area contributed by atoms with Crippen LogP contribution in [0.5, 0.6) is 11.5 Å². The van der Waals surface area contributed by atoms with Crippen molar-refractivity contribution in [2.75, 3.05) is 20.3 Å². The molecule has 0 aliphatic carbocycles. The van der Waals surface area contributed by atoms with E-state index in [0.717, 1.165) is 11.3 Å². The standard InChI is InChI=1S/C31H29N3O8S/c1-6-40-28-22(9-8-10-24(28)39-5)27-26(30(36)41-7-2)18(4)32-31-33(27)29(35)25(43-31)16-20-12-14-23(42-20)21-13-11-19(34(37)38)15-17(21)3/h8-16,27H,6-7H2,1-5H3/b25-16+/t27-/m0/s1. The van der Waals surface area contributed by atoms with Gasteiger partial charge in [0.05, 0.1) is 41.0 Å². The molecular formula is C31H29N3O8S. The molecule has 2 aromatic carbocycles. The number of ether oxygens (including phenoxy) is 3. The number of esters is 1. The third kappa shape index (κ3) is 5.48. The van der Waals surface area contributed by atoms with Crippen LogP contribution in [0.2, 0.25) is 0 Å². The van der Waals surface area contributed by atoms with E-state index in [2.05, 4.69) is 4.99 Å². The number of thiazole rings is 1. The first kappa shape index (κ1) is 29.5.